The number of hydrogen-bond donors (Lipinski definition) is 1. The third kappa shape index (κ3) is 3.01. The van der Waals surface area contributed by atoms with E-state index in [1.807, 2.05) is 36.1 Å². The van der Waals surface area contributed by atoms with Crippen LogP contribution < -0.4 is 5.32 Å². The molecule has 2 aromatic rings. The topological polar surface area (TPSA) is 58.1 Å². The molecule has 2 heterocycles. The van der Waals surface area contributed by atoms with Crippen LogP contribution in [-0.4, -0.2) is 27.3 Å². The van der Waals surface area contributed by atoms with Crippen molar-refractivity contribution in [3.05, 3.63) is 52.4 Å². The maximum Gasteiger partial charge on any atom is 0.262 e. The molecule has 0 aliphatic carbocycles. The second-order valence-electron chi connectivity index (χ2n) is 5.70. The number of nitrogens with one attached hydrogen (secondary N) is 1. The first-order valence-electron chi connectivity index (χ1n) is 7.76. The molecule has 1 aromatic heterocycles. The van der Waals surface area contributed by atoms with E-state index in [1.54, 1.807) is 0 Å². The van der Waals surface area contributed by atoms with Gasteiger partial charge in [-0.05, 0) is 18.9 Å². The predicted molar refractivity (Wildman–Crippen MR) is 90.5 cm³/mol. The van der Waals surface area contributed by atoms with Crippen molar-refractivity contribution in [2.45, 2.75) is 32.9 Å². The van der Waals surface area contributed by atoms with Gasteiger partial charge < -0.3 is 10.2 Å². The molecule has 0 radical (unpaired) electrons. The van der Waals surface area contributed by atoms with Crippen LogP contribution in [0.2, 0.25) is 5.15 Å². The molecule has 0 bridgehead atoms. The number of hydrogen-bond acceptors (Lipinski definition) is 4. The Morgan fingerprint density at radius 2 is 2.00 bits per heavy atom. The summed E-state index contributed by atoms with van der Waals surface area (Å²) in [6.45, 7) is 4.80. The van der Waals surface area contributed by atoms with Crippen LogP contribution in [0.25, 0.3) is 0 Å². The lowest BCUT2D eigenvalue weighted by Gasteiger charge is -2.37. The van der Waals surface area contributed by atoms with Crippen molar-refractivity contribution in [1.29, 1.82) is 0 Å². The lowest BCUT2D eigenvalue weighted by molar-refractivity contribution is 0.0678. The molecule has 5 nitrogen and oxygen atoms in total. The van der Waals surface area contributed by atoms with Gasteiger partial charge in [-0.25, -0.2) is 9.97 Å². The Kier molecular flexibility index (Phi) is 4.48. The zero-order valence-electron chi connectivity index (χ0n) is 13.2. The van der Waals surface area contributed by atoms with Gasteiger partial charge in [0, 0.05) is 6.54 Å². The van der Waals surface area contributed by atoms with Crippen molar-refractivity contribution in [3.8, 4) is 0 Å². The minimum absolute atomic E-state index is 0.122. The highest BCUT2D eigenvalue weighted by atomic mass is 35.5. The zero-order chi connectivity index (χ0) is 16.4. The number of anilines is 1. The van der Waals surface area contributed by atoms with Gasteiger partial charge in [-0.1, -0.05) is 54.8 Å². The lowest BCUT2D eigenvalue weighted by Crippen LogP contribution is -2.44. The number of nitrogens with zero attached hydrogens (tertiary/aromatic N) is 3. The smallest absolute Gasteiger partial charge is 0.262 e. The number of unbranched alkanes of at least 4 members (excludes halogenated alkanes) is 1. The van der Waals surface area contributed by atoms with Crippen molar-refractivity contribution in [2.75, 3.05) is 11.9 Å². The van der Waals surface area contributed by atoms with Crippen molar-refractivity contribution in [3.63, 3.8) is 0 Å². The Labute approximate surface area is 140 Å². The summed E-state index contributed by atoms with van der Waals surface area (Å²) in [6.07, 6.45) is 3.07. The van der Waals surface area contributed by atoms with Gasteiger partial charge in [-0.2, -0.15) is 0 Å². The number of benzene rings is 1. The Hall–Kier alpha value is -2.14. The van der Waals surface area contributed by atoms with Gasteiger partial charge in [-0.3, -0.25) is 4.79 Å². The van der Waals surface area contributed by atoms with E-state index in [1.165, 1.54) is 11.9 Å². The van der Waals surface area contributed by atoms with Gasteiger partial charge in [0.25, 0.3) is 5.91 Å². The summed E-state index contributed by atoms with van der Waals surface area (Å²) >= 11 is 6.11. The molecule has 0 saturated heterocycles. The van der Waals surface area contributed by atoms with Crippen LogP contribution in [0, 0.1) is 6.92 Å². The third-order valence-corrected chi connectivity index (χ3v) is 4.29. The molecule has 0 saturated carbocycles. The summed E-state index contributed by atoms with van der Waals surface area (Å²) in [4.78, 5) is 22.8. The molecule has 1 atom stereocenters. The minimum Gasteiger partial charge on any atom is -0.345 e. The highest BCUT2D eigenvalue weighted by Gasteiger charge is 2.35. The van der Waals surface area contributed by atoms with Crippen LogP contribution in [0.4, 0.5) is 5.82 Å². The number of amides is 1. The van der Waals surface area contributed by atoms with Crippen LogP contribution in [0.1, 0.15) is 47.4 Å². The van der Waals surface area contributed by atoms with E-state index in [2.05, 4.69) is 22.2 Å². The molecule has 23 heavy (non-hydrogen) atoms. The maximum absolute atomic E-state index is 12.9. The molecular formula is C17H19ClN4O. The number of rotatable bonds is 4. The highest BCUT2D eigenvalue weighted by Crippen LogP contribution is 2.34. The molecule has 3 rings (SSSR count). The molecule has 1 aliphatic rings. The monoisotopic (exact) mass is 330 g/mol. The molecule has 1 unspecified atom stereocenters. The minimum atomic E-state index is -0.242. The van der Waals surface area contributed by atoms with Crippen molar-refractivity contribution >= 4 is 23.3 Å². The first-order valence-corrected chi connectivity index (χ1v) is 8.14. The summed E-state index contributed by atoms with van der Waals surface area (Å²) in [5.74, 6) is 0.372. The molecule has 1 aromatic carbocycles. The van der Waals surface area contributed by atoms with Gasteiger partial charge >= 0.3 is 0 Å². The average molecular weight is 331 g/mol. The molecule has 0 fully saturated rings. The highest BCUT2D eigenvalue weighted by molar-refractivity contribution is 6.33. The summed E-state index contributed by atoms with van der Waals surface area (Å²) in [5, 5.41) is 3.52. The lowest BCUT2D eigenvalue weighted by atomic mass is 10.0. The fraction of sp³-hybridized carbons (Fsp3) is 0.353. The summed E-state index contributed by atoms with van der Waals surface area (Å²) in [5.41, 5.74) is 2.57. The van der Waals surface area contributed by atoms with Crippen LogP contribution in [0.3, 0.4) is 0 Å². The average Bonchev–Trinajstić information content (AvgIpc) is 2.54. The number of carbonyl (C=O) groups is 1. The number of halogens is 1. The Balaban J connectivity index is 2.03. The van der Waals surface area contributed by atoms with Gasteiger partial charge in [0.05, 0.1) is 0 Å². The van der Waals surface area contributed by atoms with Gasteiger partial charge in [0.1, 0.15) is 29.0 Å². The first-order chi connectivity index (χ1) is 11.1. The second-order valence-corrected chi connectivity index (χ2v) is 6.06. The van der Waals surface area contributed by atoms with E-state index in [4.69, 9.17) is 11.6 Å². The Morgan fingerprint density at radius 1 is 1.26 bits per heavy atom. The zero-order valence-corrected chi connectivity index (χ0v) is 14.0. The van der Waals surface area contributed by atoms with E-state index in [0.717, 1.165) is 18.4 Å². The maximum atomic E-state index is 12.9. The molecule has 120 valence electrons. The molecule has 0 spiro atoms. The largest absolute Gasteiger partial charge is 0.345 e. The van der Waals surface area contributed by atoms with Crippen LogP contribution in [0.5, 0.6) is 0 Å². The molecule has 6 heteroatoms. The van der Waals surface area contributed by atoms with Gasteiger partial charge in [-0.15, -0.1) is 0 Å². The molecule has 1 amide bonds. The van der Waals surface area contributed by atoms with E-state index < -0.39 is 0 Å². The van der Waals surface area contributed by atoms with E-state index in [0.29, 0.717) is 17.9 Å². The number of carbonyl (C=O) groups excluding carboxylic acids is 1. The fourth-order valence-electron chi connectivity index (χ4n) is 2.70. The predicted octanol–water partition coefficient (Wildman–Crippen LogP) is 3.81. The van der Waals surface area contributed by atoms with Crippen LogP contribution >= 0.6 is 11.6 Å². The van der Waals surface area contributed by atoms with Crippen molar-refractivity contribution in [2.24, 2.45) is 0 Å². The Bertz CT molecular complexity index is 717. The van der Waals surface area contributed by atoms with Crippen molar-refractivity contribution < 1.29 is 4.79 Å². The van der Waals surface area contributed by atoms with E-state index in [9.17, 15) is 4.79 Å². The first kappa shape index (κ1) is 15.7. The quantitative estimate of drug-likeness (QED) is 0.866. The van der Waals surface area contributed by atoms with Crippen LogP contribution in [-0.2, 0) is 0 Å². The third-order valence-electron chi connectivity index (χ3n) is 4.01. The van der Waals surface area contributed by atoms with Crippen LogP contribution in [0.15, 0.2) is 30.6 Å². The van der Waals surface area contributed by atoms with Gasteiger partial charge in [0.15, 0.2) is 0 Å². The fourth-order valence-corrected chi connectivity index (χ4v) is 2.92. The molecular weight excluding hydrogens is 312 g/mol. The standard InChI is InChI=1S/C17H19ClN4O/c1-3-4-9-22-16(12-7-5-11(2)6-8-12)21-15-13(17(22)23)14(18)19-10-20-15/h5-8,10,16H,3-4,9H2,1-2H3,(H,19,20,21). The molecule has 1 N–H and O–H groups in total. The summed E-state index contributed by atoms with van der Waals surface area (Å²) in [6, 6.07) is 8.16. The number of aromatic nitrogens is 2. The summed E-state index contributed by atoms with van der Waals surface area (Å²) < 4.78 is 0. The Morgan fingerprint density at radius 3 is 2.70 bits per heavy atom. The second kappa shape index (κ2) is 6.54. The van der Waals surface area contributed by atoms with Crippen molar-refractivity contribution in [1.82, 2.24) is 14.9 Å². The van der Waals surface area contributed by atoms with Gasteiger partial charge in [0.2, 0.25) is 0 Å². The molecule has 1 aliphatic heterocycles. The number of fused-ring (bicyclic) bond motifs is 1. The van der Waals surface area contributed by atoms with E-state index in [-0.39, 0.29) is 17.2 Å². The normalized spacial score (nSPS) is 16.9. The summed E-state index contributed by atoms with van der Waals surface area (Å²) in [7, 11) is 0. The van der Waals surface area contributed by atoms with E-state index >= 15 is 0 Å². The SMILES string of the molecule is CCCCN1C(=O)c2c(Cl)ncnc2NC1c1ccc(C)cc1. The number of aryl methyl sites for hydroxylation is 1.